The molecule has 438 valence electrons. The maximum atomic E-state index is 5.48. The molecule has 13 aromatic carbocycles. The van der Waals surface area contributed by atoms with Gasteiger partial charge in [-0.25, -0.2) is 9.97 Å². The van der Waals surface area contributed by atoms with Crippen molar-refractivity contribution in [3.05, 3.63) is 315 Å². The number of rotatable bonds is 10. The van der Waals surface area contributed by atoms with E-state index in [0.29, 0.717) is 35.2 Å². The van der Waals surface area contributed by atoms with Crippen molar-refractivity contribution in [2.45, 2.75) is 0 Å². The Kier molecular flexibility index (Phi) is 12.0. The largest absolute Gasteiger partial charge is 0.307 e. The molecular formula is C84H52N10. The molecule has 0 bridgehead atoms. The van der Waals surface area contributed by atoms with Gasteiger partial charge in [-0.2, -0.15) is 19.9 Å². The van der Waals surface area contributed by atoms with E-state index in [1.807, 2.05) is 42.5 Å². The molecule has 19 aromatic rings. The molecule has 0 fully saturated rings. The Balaban J connectivity index is 0.784. The summed E-state index contributed by atoms with van der Waals surface area (Å²) >= 11 is 0. The van der Waals surface area contributed by atoms with E-state index >= 15 is 0 Å². The number of nitrogens with zero attached hydrogens (tertiary/aromatic N) is 10. The van der Waals surface area contributed by atoms with Gasteiger partial charge in [0.15, 0.2) is 23.3 Å². The third kappa shape index (κ3) is 8.43. The molecule has 19 rings (SSSR count). The van der Waals surface area contributed by atoms with E-state index in [4.69, 9.17) is 29.9 Å². The van der Waals surface area contributed by atoms with Gasteiger partial charge in [0.25, 0.3) is 0 Å². The number of hydrogen-bond acceptors (Lipinski definition) is 6. The van der Waals surface area contributed by atoms with E-state index in [-0.39, 0.29) is 0 Å². The summed E-state index contributed by atoms with van der Waals surface area (Å²) < 4.78 is 9.31. The van der Waals surface area contributed by atoms with E-state index in [1.165, 1.54) is 5.39 Å². The average molecular weight is 1200 g/mol. The molecule has 0 radical (unpaired) electrons. The highest BCUT2D eigenvalue weighted by Gasteiger charge is 2.27. The summed E-state index contributed by atoms with van der Waals surface area (Å²) in [5, 5.41) is 8.97. The van der Waals surface area contributed by atoms with Crippen LogP contribution < -0.4 is 0 Å². The minimum absolute atomic E-state index is 0.528. The number of fused-ring (bicyclic) bond motifs is 14. The monoisotopic (exact) mass is 1200 g/mol. The Morgan fingerprint density at radius 3 is 0.830 bits per heavy atom. The van der Waals surface area contributed by atoms with Crippen LogP contribution >= 0.6 is 0 Å². The zero-order valence-electron chi connectivity index (χ0n) is 50.5. The number of para-hydroxylation sites is 5. The van der Waals surface area contributed by atoms with Gasteiger partial charge >= 0.3 is 0 Å². The molecule has 0 aliphatic heterocycles. The van der Waals surface area contributed by atoms with Crippen LogP contribution in [-0.4, -0.2) is 48.2 Å². The molecule has 10 heteroatoms. The summed E-state index contributed by atoms with van der Waals surface area (Å²) in [7, 11) is 0. The van der Waals surface area contributed by atoms with E-state index in [0.717, 1.165) is 138 Å². The third-order valence-corrected chi connectivity index (χ3v) is 18.5. The van der Waals surface area contributed by atoms with Gasteiger partial charge in [0.2, 0.25) is 11.9 Å². The summed E-state index contributed by atoms with van der Waals surface area (Å²) in [6.07, 6.45) is 0. The van der Waals surface area contributed by atoms with Crippen LogP contribution in [0, 0.1) is 0 Å². The highest BCUT2D eigenvalue weighted by molar-refractivity contribution is 6.25. The maximum absolute atomic E-state index is 5.48. The van der Waals surface area contributed by atoms with Crippen molar-refractivity contribution in [3.63, 3.8) is 0 Å². The quantitative estimate of drug-likeness (QED) is 0.135. The summed E-state index contributed by atoms with van der Waals surface area (Å²) in [6, 6.07) is 111. The summed E-state index contributed by atoms with van der Waals surface area (Å²) in [4.78, 5) is 32.2. The molecule has 0 unspecified atom stereocenters. The van der Waals surface area contributed by atoms with Crippen LogP contribution in [0.3, 0.4) is 0 Å². The van der Waals surface area contributed by atoms with Gasteiger partial charge in [0.1, 0.15) is 0 Å². The second kappa shape index (κ2) is 21.4. The molecule has 6 aromatic heterocycles. The Morgan fingerprint density at radius 1 is 0.170 bits per heavy atom. The van der Waals surface area contributed by atoms with E-state index in [9.17, 15) is 0 Å². The first-order valence-electron chi connectivity index (χ1n) is 31.6. The van der Waals surface area contributed by atoms with Crippen LogP contribution in [0.2, 0.25) is 0 Å². The van der Waals surface area contributed by atoms with Crippen LogP contribution in [-0.2, 0) is 0 Å². The van der Waals surface area contributed by atoms with Crippen molar-refractivity contribution >= 4 is 87.2 Å². The van der Waals surface area contributed by atoms with Gasteiger partial charge in [-0.3, -0.25) is 9.13 Å². The normalized spacial score (nSPS) is 11.8. The average Bonchev–Trinajstić information content (AvgIpc) is 1.55. The second-order valence-corrected chi connectivity index (χ2v) is 23.8. The summed E-state index contributed by atoms with van der Waals surface area (Å²) in [5.74, 6) is 3.39. The lowest BCUT2D eigenvalue weighted by molar-refractivity contribution is 0.953. The minimum Gasteiger partial charge on any atom is -0.307 e. The van der Waals surface area contributed by atoms with Gasteiger partial charge in [0.05, 0.1) is 44.1 Å². The number of benzene rings is 13. The Morgan fingerprint density at radius 2 is 0.426 bits per heavy atom. The highest BCUT2D eigenvalue weighted by Crippen LogP contribution is 2.45. The molecule has 10 nitrogen and oxygen atoms in total. The van der Waals surface area contributed by atoms with E-state index < -0.39 is 0 Å². The maximum Gasteiger partial charge on any atom is 0.238 e. The van der Waals surface area contributed by atoms with Crippen molar-refractivity contribution < 1.29 is 0 Å². The molecule has 0 amide bonds. The standard InChI is InChI=1S/C84H52N10/c1-6-22-53(23-7-1)54-38-42-58(43-39-54)81-85-79(56-24-8-2-9-25-56)88-84(89-81)94-73-37-21-18-34-65(73)69-50-51-70-66-47-46-60(52-74(66)92(76(70)78(69)94)62-30-14-5-15-31-62)55-40-44-59(45-41-55)82-86-80(57-26-10-3-11-27-57)87-83(90-82)93-72-36-20-17-33-64(72)68-49-48-67-63-32-16-19-35-71(63)91(75(67)77(68)93)61-28-12-4-13-29-61/h1-52H. The fourth-order valence-electron chi connectivity index (χ4n) is 14.2. The van der Waals surface area contributed by atoms with Crippen molar-refractivity contribution in [3.8, 4) is 91.1 Å². The molecule has 6 heterocycles. The lowest BCUT2D eigenvalue weighted by Crippen LogP contribution is -2.07. The molecule has 0 N–H and O–H groups in total. The zero-order valence-corrected chi connectivity index (χ0v) is 50.5. The van der Waals surface area contributed by atoms with Crippen LogP contribution in [0.25, 0.3) is 178 Å². The van der Waals surface area contributed by atoms with Crippen molar-refractivity contribution in [1.82, 2.24) is 48.2 Å². The third-order valence-electron chi connectivity index (χ3n) is 18.5. The lowest BCUT2D eigenvalue weighted by Gasteiger charge is -2.14. The van der Waals surface area contributed by atoms with Gasteiger partial charge in [0, 0.05) is 76.7 Å². The topological polar surface area (TPSA) is 97.1 Å². The lowest BCUT2D eigenvalue weighted by atomic mass is 10.0. The van der Waals surface area contributed by atoms with E-state index in [1.54, 1.807) is 0 Å². The predicted octanol–water partition coefficient (Wildman–Crippen LogP) is 20.4. The molecule has 0 aliphatic rings. The van der Waals surface area contributed by atoms with Crippen molar-refractivity contribution in [1.29, 1.82) is 0 Å². The molecule has 0 atom stereocenters. The molecule has 0 saturated heterocycles. The highest BCUT2D eigenvalue weighted by atomic mass is 15.2. The molecule has 0 saturated carbocycles. The molecule has 0 spiro atoms. The predicted molar refractivity (Wildman–Crippen MR) is 383 cm³/mol. The van der Waals surface area contributed by atoms with Crippen LogP contribution in [0.15, 0.2) is 315 Å². The molecule has 94 heavy (non-hydrogen) atoms. The van der Waals surface area contributed by atoms with Gasteiger partial charge in [-0.05, 0) is 70.8 Å². The fraction of sp³-hybridized carbons (Fsp3) is 0. The summed E-state index contributed by atoms with van der Waals surface area (Å²) in [6.45, 7) is 0. The van der Waals surface area contributed by atoms with Crippen LogP contribution in [0.1, 0.15) is 0 Å². The van der Waals surface area contributed by atoms with Crippen LogP contribution in [0.4, 0.5) is 0 Å². The van der Waals surface area contributed by atoms with Gasteiger partial charge < -0.3 is 9.13 Å². The minimum atomic E-state index is 0.528. The summed E-state index contributed by atoms with van der Waals surface area (Å²) in [5.41, 5.74) is 18.4. The van der Waals surface area contributed by atoms with Crippen LogP contribution in [0.5, 0.6) is 0 Å². The van der Waals surface area contributed by atoms with Gasteiger partial charge in [-0.15, -0.1) is 0 Å². The van der Waals surface area contributed by atoms with E-state index in [2.05, 4.69) is 291 Å². The first-order valence-corrected chi connectivity index (χ1v) is 31.6. The Labute approximate surface area is 538 Å². The first kappa shape index (κ1) is 53.0. The molecule has 0 aliphatic carbocycles. The second-order valence-electron chi connectivity index (χ2n) is 23.8. The Bertz CT molecular complexity index is 6180. The first-order chi connectivity index (χ1) is 46.6. The smallest absolute Gasteiger partial charge is 0.238 e. The van der Waals surface area contributed by atoms with Crippen molar-refractivity contribution in [2.75, 3.05) is 0 Å². The number of aromatic nitrogens is 10. The fourth-order valence-corrected chi connectivity index (χ4v) is 14.2. The van der Waals surface area contributed by atoms with Gasteiger partial charge in [-0.1, -0.05) is 267 Å². The number of hydrogen-bond donors (Lipinski definition) is 0. The van der Waals surface area contributed by atoms with Crippen molar-refractivity contribution in [2.24, 2.45) is 0 Å². The molecular weight excluding hydrogens is 1150 g/mol. The Hall–Kier alpha value is -12.9. The SMILES string of the molecule is c1ccc(-c2ccc(-c3nc(-c4ccccc4)nc(-n4c5ccccc5c5ccc6c7ccc(-c8ccc(-c9nc(-c%10ccccc%10)nc(-n%10c%11ccccc%11c%11ccc%12c%13ccccc%13n(-c%13ccccc%13)c%12c%11%10)n9)cc8)cc7n(-c7ccccc7)c6c54)n3)cc2)cc1. The zero-order chi connectivity index (χ0) is 61.8.